The van der Waals surface area contributed by atoms with Gasteiger partial charge in [-0.05, 0) is 44.1 Å². The van der Waals surface area contributed by atoms with Gasteiger partial charge in [-0.15, -0.1) is 0 Å². The maximum Gasteiger partial charge on any atom is 0.303 e. The SMILES string of the molecule is CNCCCNS(=O)(=O)c1ccc(CCC(=O)O)cc1. The molecule has 1 aromatic carbocycles. The Balaban J connectivity index is 2.60. The topological polar surface area (TPSA) is 95.5 Å². The summed E-state index contributed by atoms with van der Waals surface area (Å²) in [4.78, 5) is 10.7. The fourth-order valence-electron chi connectivity index (χ4n) is 1.64. The molecule has 0 fully saturated rings. The van der Waals surface area contributed by atoms with Gasteiger partial charge in [0, 0.05) is 13.0 Å². The smallest absolute Gasteiger partial charge is 0.303 e. The Labute approximate surface area is 119 Å². The number of benzene rings is 1. The van der Waals surface area contributed by atoms with Crippen LogP contribution in [0.1, 0.15) is 18.4 Å². The maximum atomic E-state index is 11.9. The number of nitrogens with one attached hydrogen (secondary N) is 2. The molecule has 0 aliphatic heterocycles. The van der Waals surface area contributed by atoms with Crippen LogP contribution in [0.25, 0.3) is 0 Å². The van der Waals surface area contributed by atoms with Gasteiger partial charge in [0.25, 0.3) is 0 Å². The Bertz CT molecular complexity index is 526. The maximum absolute atomic E-state index is 11.9. The first kappa shape index (κ1) is 16.6. The molecular formula is C13H20N2O4S. The van der Waals surface area contributed by atoms with E-state index >= 15 is 0 Å². The molecule has 0 aliphatic carbocycles. The van der Waals surface area contributed by atoms with Crippen LogP contribution in [0.4, 0.5) is 0 Å². The first-order chi connectivity index (χ1) is 9.45. The lowest BCUT2D eigenvalue weighted by Crippen LogP contribution is -2.26. The lowest BCUT2D eigenvalue weighted by Gasteiger charge is -2.07. The number of carbonyl (C=O) groups is 1. The number of rotatable bonds is 9. The van der Waals surface area contributed by atoms with Crippen LogP contribution in [-0.4, -0.2) is 39.6 Å². The highest BCUT2D eigenvalue weighted by Crippen LogP contribution is 2.11. The first-order valence-electron chi connectivity index (χ1n) is 6.40. The number of carboxylic acids is 1. The number of aryl methyl sites for hydroxylation is 1. The van der Waals surface area contributed by atoms with Gasteiger partial charge < -0.3 is 10.4 Å². The third kappa shape index (κ3) is 5.68. The second kappa shape index (κ2) is 7.98. The minimum atomic E-state index is -3.48. The summed E-state index contributed by atoms with van der Waals surface area (Å²) in [5, 5.41) is 11.5. The van der Waals surface area contributed by atoms with Crippen molar-refractivity contribution in [2.24, 2.45) is 0 Å². The van der Waals surface area contributed by atoms with Crippen LogP contribution >= 0.6 is 0 Å². The van der Waals surface area contributed by atoms with Crippen molar-refractivity contribution in [3.8, 4) is 0 Å². The number of carboxylic acid groups (broad SMARTS) is 1. The predicted octanol–water partition coefficient (Wildman–Crippen LogP) is 0.592. The molecule has 0 heterocycles. The Morgan fingerprint density at radius 2 is 1.85 bits per heavy atom. The Hall–Kier alpha value is -1.44. The molecule has 0 radical (unpaired) electrons. The highest BCUT2D eigenvalue weighted by atomic mass is 32.2. The van der Waals surface area contributed by atoms with E-state index in [2.05, 4.69) is 10.0 Å². The molecule has 3 N–H and O–H groups in total. The van der Waals surface area contributed by atoms with Crippen LogP contribution in [0.3, 0.4) is 0 Å². The Morgan fingerprint density at radius 1 is 1.20 bits per heavy atom. The van der Waals surface area contributed by atoms with E-state index in [9.17, 15) is 13.2 Å². The average Bonchev–Trinajstić information content (AvgIpc) is 2.42. The van der Waals surface area contributed by atoms with Gasteiger partial charge in [-0.3, -0.25) is 4.79 Å². The summed E-state index contributed by atoms with van der Waals surface area (Å²) < 4.78 is 26.4. The van der Waals surface area contributed by atoms with Crippen molar-refractivity contribution >= 4 is 16.0 Å². The fraction of sp³-hybridized carbons (Fsp3) is 0.462. The van der Waals surface area contributed by atoms with Crippen molar-refractivity contribution < 1.29 is 18.3 Å². The molecule has 1 rings (SSSR count). The van der Waals surface area contributed by atoms with Gasteiger partial charge in [0.05, 0.1) is 4.90 Å². The van der Waals surface area contributed by atoms with E-state index < -0.39 is 16.0 Å². The molecule has 0 aromatic heterocycles. The lowest BCUT2D eigenvalue weighted by molar-refractivity contribution is -0.136. The molecular weight excluding hydrogens is 280 g/mol. The number of hydrogen-bond donors (Lipinski definition) is 3. The summed E-state index contributed by atoms with van der Waals surface area (Å²) >= 11 is 0. The van der Waals surface area contributed by atoms with Gasteiger partial charge in [-0.2, -0.15) is 0 Å². The fourth-order valence-corrected chi connectivity index (χ4v) is 2.72. The highest BCUT2D eigenvalue weighted by molar-refractivity contribution is 7.89. The number of sulfonamides is 1. The summed E-state index contributed by atoms with van der Waals surface area (Å²) in [6.07, 6.45) is 1.14. The van der Waals surface area contributed by atoms with Gasteiger partial charge in [0.15, 0.2) is 0 Å². The lowest BCUT2D eigenvalue weighted by atomic mass is 10.1. The number of aliphatic carboxylic acids is 1. The summed E-state index contributed by atoms with van der Waals surface area (Å²) in [7, 11) is -1.67. The molecule has 0 saturated heterocycles. The van der Waals surface area contributed by atoms with Crippen molar-refractivity contribution in [3.05, 3.63) is 29.8 Å². The van der Waals surface area contributed by atoms with Gasteiger partial charge in [0.2, 0.25) is 10.0 Å². The van der Waals surface area contributed by atoms with Crippen LogP contribution < -0.4 is 10.0 Å². The van der Waals surface area contributed by atoms with Crippen LogP contribution in [-0.2, 0) is 21.2 Å². The van der Waals surface area contributed by atoms with E-state index in [1.54, 1.807) is 12.1 Å². The van der Waals surface area contributed by atoms with Crippen LogP contribution in [0.5, 0.6) is 0 Å². The standard InChI is InChI=1S/C13H20N2O4S/c1-14-9-2-10-15-20(18,19)12-6-3-11(4-7-12)5-8-13(16)17/h3-4,6-7,14-15H,2,5,8-10H2,1H3,(H,16,17). The monoisotopic (exact) mass is 300 g/mol. The summed E-state index contributed by atoms with van der Waals surface area (Å²) in [6.45, 7) is 1.13. The summed E-state index contributed by atoms with van der Waals surface area (Å²) in [5.74, 6) is -0.868. The molecule has 20 heavy (non-hydrogen) atoms. The zero-order valence-electron chi connectivity index (χ0n) is 11.4. The molecule has 0 spiro atoms. The largest absolute Gasteiger partial charge is 0.481 e. The molecule has 1 aromatic rings. The second-order valence-corrected chi connectivity index (χ2v) is 6.16. The average molecular weight is 300 g/mol. The van der Waals surface area contributed by atoms with E-state index in [0.717, 1.165) is 12.1 Å². The van der Waals surface area contributed by atoms with E-state index in [1.807, 2.05) is 7.05 Å². The summed E-state index contributed by atoms with van der Waals surface area (Å²) in [6, 6.07) is 6.28. The molecule has 7 heteroatoms. The van der Waals surface area contributed by atoms with Crippen molar-refractivity contribution in [1.82, 2.24) is 10.0 Å². The minimum absolute atomic E-state index is 0.0361. The van der Waals surface area contributed by atoms with Crippen LogP contribution in [0.2, 0.25) is 0 Å². The molecule has 6 nitrogen and oxygen atoms in total. The highest BCUT2D eigenvalue weighted by Gasteiger charge is 2.12. The zero-order valence-corrected chi connectivity index (χ0v) is 12.2. The zero-order chi connectivity index (χ0) is 15.0. The molecule has 0 amide bonds. The van der Waals surface area contributed by atoms with Gasteiger partial charge in [-0.25, -0.2) is 13.1 Å². The van der Waals surface area contributed by atoms with Gasteiger partial charge in [0.1, 0.15) is 0 Å². The van der Waals surface area contributed by atoms with Crippen molar-refractivity contribution in [3.63, 3.8) is 0 Å². The normalized spacial score (nSPS) is 11.4. The third-order valence-electron chi connectivity index (χ3n) is 2.76. The van der Waals surface area contributed by atoms with Gasteiger partial charge >= 0.3 is 5.97 Å². The van der Waals surface area contributed by atoms with E-state index in [4.69, 9.17) is 5.11 Å². The van der Waals surface area contributed by atoms with E-state index in [-0.39, 0.29) is 11.3 Å². The minimum Gasteiger partial charge on any atom is -0.481 e. The van der Waals surface area contributed by atoms with Crippen molar-refractivity contribution in [1.29, 1.82) is 0 Å². The van der Waals surface area contributed by atoms with Crippen LogP contribution in [0, 0.1) is 0 Å². The molecule has 0 bridgehead atoms. The van der Waals surface area contributed by atoms with Crippen LogP contribution in [0.15, 0.2) is 29.2 Å². The molecule has 0 unspecified atom stereocenters. The summed E-state index contributed by atoms with van der Waals surface area (Å²) in [5.41, 5.74) is 0.807. The van der Waals surface area contributed by atoms with Crippen molar-refractivity contribution in [2.45, 2.75) is 24.2 Å². The van der Waals surface area contributed by atoms with Crippen molar-refractivity contribution in [2.75, 3.05) is 20.1 Å². The molecule has 0 atom stereocenters. The van der Waals surface area contributed by atoms with E-state index in [0.29, 0.717) is 19.4 Å². The first-order valence-corrected chi connectivity index (χ1v) is 7.89. The predicted molar refractivity (Wildman–Crippen MR) is 76.1 cm³/mol. The number of hydrogen-bond acceptors (Lipinski definition) is 4. The third-order valence-corrected chi connectivity index (χ3v) is 4.23. The molecule has 0 aliphatic rings. The van der Waals surface area contributed by atoms with Gasteiger partial charge in [-0.1, -0.05) is 12.1 Å². The second-order valence-electron chi connectivity index (χ2n) is 4.39. The van der Waals surface area contributed by atoms with E-state index in [1.165, 1.54) is 12.1 Å². The quantitative estimate of drug-likeness (QED) is 0.580. The Kier molecular flexibility index (Phi) is 6.63. The Morgan fingerprint density at radius 3 is 2.40 bits per heavy atom. The molecule has 112 valence electrons. The molecule has 0 saturated carbocycles.